The number of alkyl halides is 3. The average Bonchev–Trinajstić information content (AvgIpc) is 3.40. The van der Waals surface area contributed by atoms with Crippen LogP contribution in [0.25, 0.3) is 0 Å². The van der Waals surface area contributed by atoms with Crippen molar-refractivity contribution in [2.24, 2.45) is 33.5 Å². The molecule has 1 unspecified atom stereocenters. The fourth-order valence-electron chi connectivity index (χ4n) is 11.7. The molecule has 6 aliphatic rings. The van der Waals surface area contributed by atoms with Gasteiger partial charge in [0.2, 0.25) is 0 Å². The smallest absolute Gasteiger partial charge is 0.416 e. The molecule has 3 saturated carbocycles. The van der Waals surface area contributed by atoms with E-state index < -0.39 is 58.2 Å². The summed E-state index contributed by atoms with van der Waals surface area (Å²) in [7, 11) is 3.13. The van der Waals surface area contributed by atoms with Crippen molar-refractivity contribution in [1.29, 1.82) is 0 Å². The van der Waals surface area contributed by atoms with E-state index in [9.17, 15) is 38.4 Å². The SMILES string of the molecule is COc1ccc(CN(C[C@H](O)CO)C[C@]2(O)CC[C@H]3[C@]45C=C[C@@]6(C=C4C(=O)c4cccc(C(F)(F)F)c4)CC(O)CC[C@]6(C)[C@H]5CC[C@@]32C)c(OC)c1. The lowest BCUT2D eigenvalue weighted by Crippen LogP contribution is -2.67. The Morgan fingerprint density at radius 1 is 0.981 bits per heavy atom. The number of ether oxygens (including phenoxy) is 2. The number of halogens is 3. The molecule has 8 nitrogen and oxygen atoms in total. The van der Waals surface area contributed by atoms with Crippen LogP contribution in [0, 0.1) is 33.5 Å². The number of methoxy groups -OCH3 is 2. The maximum atomic E-state index is 14.8. The molecule has 0 heterocycles. The van der Waals surface area contributed by atoms with E-state index in [2.05, 4.69) is 26.0 Å². The summed E-state index contributed by atoms with van der Waals surface area (Å²) in [5.74, 6) is 0.513. The topological polar surface area (TPSA) is 120 Å². The van der Waals surface area contributed by atoms with Crippen LogP contribution in [0.15, 0.2) is 66.3 Å². The second-order valence-corrected chi connectivity index (χ2v) is 16.9. The highest BCUT2D eigenvalue weighted by atomic mass is 19.4. The molecule has 6 aliphatic carbocycles. The lowest BCUT2D eigenvalue weighted by molar-refractivity contribution is -0.177. The first-order chi connectivity index (χ1) is 25.0. The zero-order valence-electron chi connectivity index (χ0n) is 31.0. The van der Waals surface area contributed by atoms with Gasteiger partial charge >= 0.3 is 6.18 Å². The van der Waals surface area contributed by atoms with Crippen molar-refractivity contribution in [2.75, 3.05) is 33.9 Å². The minimum absolute atomic E-state index is 0.0206. The number of fused-ring (bicyclic) bond motifs is 1. The third-order valence-corrected chi connectivity index (χ3v) is 14.5. The minimum atomic E-state index is -4.61. The summed E-state index contributed by atoms with van der Waals surface area (Å²) in [4.78, 5) is 16.7. The van der Waals surface area contributed by atoms with Crippen molar-refractivity contribution in [3.05, 3.63) is 83.0 Å². The summed E-state index contributed by atoms with van der Waals surface area (Å²) in [6.07, 6.45) is 4.23. The van der Waals surface area contributed by atoms with Gasteiger partial charge in [-0.25, -0.2) is 0 Å². The molecule has 11 heteroatoms. The number of hydrogen-bond acceptors (Lipinski definition) is 8. The number of rotatable bonds is 11. The molecule has 2 aromatic rings. The van der Waals surface area contributed by atoms with Gasteiger partial charge in [0, 0.05) is 58.6 Å². The Morgan fingerprint density at radius 2 is 1.70 bits per heavy atom. The monoisotopic (exact) mass is 739 g/mol. The Hall–Kier alpha value is -3.22. The van der Waals surface area contributed by atoms with Crippen LogP contribution in [0.5, 0.6) is 11.5 Å². The van der Waals surface area contributed by atoms with Crippen molar-refractivity contribution < 1.29 is 47.9 Å². The molecule has 53 heavy (non-hydrogen) atoms. The van der Waals surface area contributed by atoms with Crippen LogP contribution in [0.2, 0.25) is 0 Å². The third-order valence-electron chi connectivity index (χ3n) is 14.5. The van der Waals surface area contributed by atoms with Gasteiger partial charge in [-0.3, -0.25) is 9.69 Å². The van der Waals surface area contributed by atoms with Crippen LogP contribution < -0.4 is 9.47 Å². The number of nitrogens with zero attached hydrogens (tertiary/aromatic N) is 1. The zero-order chi connectivity index (χ0) is 38.2. The van der Waals surface area contributed by atoms with Gasteiger partial charge < -0.3 is 29.9 Å². The van der Waals surface area contributed by atoms with Gasteiger partial charge in [0.1, 0.15) is 11.5 Å². The predicted octanol–water partition coefficient (Wildman–Crippen LogP) is 6.35. The Bertz CT molecular complexity index is 1810. The summed E-state index contributed by atoms with van der Waals surface area (Å²) < 4.78 is 52.7. The van der Waals surface area contributed by atoms with Crippen LogP contribution in [0.1, 0.15) is 80.3 Å². The Balaban J connectivity index is 1.30. The molecule has 0 saturated heterocycles. The standard InChI is InChI=1S/C42H52F3NO7/c1-37-13-10-29(48)20-39(37)16-17-41(32(21-39)36(50)26-6-5-7-28(18-26)42(43,44)45)34(37)11-14-38(2)35(41)12-15-40(38,51)25-46(23-30(49)24-47)22-27-8-9-31(52-3)19-33(27)53-4/h5-9,16-19,21,29-30,34-35,47-49,51H,10-15,20,22-25H2,1-4H3/t29?,30-,34+,35+,37+,38-,39-,40+,41+/m0/s1. The van der Waals surface area contributed by atoms with E-state index >= 15 is 0 Å². The molecule has 4 N–H and O–H groups in total. The molecule has 3 fully saturated rings. The van der Waals surface area contributed by atoms with Crippen molar-refractivity contribution in [3.8, 4) is 11.5 Å². The van der Waals surface area contributed by atoms with E-state index in [0.717, 1.165) is 24.1 Å². The van der Waals surface area contributed by atoms with Crippen molar-refractivity contribution in [3.63, 3.8) is 0 Å². The summed E-state index contributed by atoms with van der Waals surface area (Å²) in [6.45, 7) is 4.46. The molecular formula is C42H52F3NO7. The number of carbonyl (C=O) groups is 1. The van der Waals surface area contributed by atoms with Crippen LogP contribution in [0.4, 0.5) is 13.2 Å². The number of carbonyl (C=O) groups excluding carboxylic acids is 1. The first-order valence-electron chi connectivity index (χ1n) is 18.8. The quantitative estimate of drug-likeness (QED) is 0.156. The summed E-state index contributed by atoms with van der Waals surface area (Å²) >= 11 is 0. The number of Topliss-reactive ketones (excluding diaryl/α,β-unsaturated/α-hetero) is 1. The molecule has 9 atom stereocenters. The van der Waals surface area contributed by atoms with Gasteiger partial charge in [0.15, 0.2) is 5.78 Å². The maximum Gasteiger partial charge on any atom is 0.416 e. The minimum Gasteiger partial charge on any atom is -0.497 e. The molecule has 2 spiro atoms. The average molecular weight is 740 g/mol. The Kier molecular flexibility index (Phi) is 9.50. The molecule has 8 rings (SSSR count). The van der Waals surface area contributed by atoms with Crippen molar-refractivity contribution in [2.45, 2.75) is 89.3 Å². The highest BCUT2D eigenvalue weighted by molar-refractivity contribution is 6.10. The normalized spacial score (nSPS) is 36.4. The summed E-state index contributed by atoms with van der Waals surface area (Å²) in [5.41, 5.74) is -3.39. The highest BCUT2D eigenvalue weighted by Gasteiger charge is 2.74. The second kappa shape index (κ2) is 13.2. The van der Waals surface area contributed by atoms with Gasteiger partial charge in [-0.1, -0.05) is 50.3 Å². The molecule has 2 bridgehead atoms. The lowest BCUT2D eigenvalue weighted by atomic mass is 9.32. The second-order valence-electron chi connectivity index (χ2n) is 16.9. The van der Waals surface area contributed by atoms with E-state index in [4.69, 9.17) is 9.47 Å². The van der Waals surface area contributed by atoms with Crippen LogP contribution in [-0.4, -0.2) is 82.8 Å². The van der Waals surface area contributed by atoms with Gasteiger partial charge in [-0.2, -0.15) is 13.2 Å². The number of ketones is 1. The van der Waals surface area contributed by atoms with Gasteiger partial charge in [0.05, 0.1) is 44.2 Å². The van der Waals surface area contributed by atoms with E-state index in [-0.39, 0.29) is 35.9 Å². The van der Waals surface area contributed by atoms with E-state index in [1.807, 2.05) is 23.1 Å². The largest absolute Gasteiger partial charge is 0.497 e. The third kappa shape index (κ3) is 5.79. The number of aliphatic hydroxyl groups excluding tert-OH is 3. The molecule has 0 aliphatic heterocycles. The fourth-order valence-corrected chi connectivity index (χ4v) is 11.7. The number of hydrogen-bond donors (Lipinski definition) is 4. The van der Waals surface area contributed by atoms with Gasteiger partial charge in [-0.05, 0) is 80.4 Å². The van der Waals surface area contributed by atoms with E-state index in [1.54, 1.807) is 20.3 Å². The summed E-state index contributed by atoms with van der Waals surface area (Å²) in [5, 5.41) is 44.5. The maximum absolute atomic E-state index is 14.8. The number of aliphatic hydroxyl groups is 4. The first kappa shape index (κ1) is 38.1. The number of benzene rings is 2. The molecule has 0 amide bonds. The molecule has 0 aromatic heterocycles. The van der Waals surface area contributed by atoms with Crippen LogP contribution >= 0.6 is 0 Å². The van der Waals surface area contributed by atoms with E-state index in [0.29, 0.717) is 62.1 Å². The molecule has 288 valence electrons. The van der Waals surface area contributed by atoms with Crippen molar-refractivity contribution in [1.82, 2.24) is 4.90 Å². The Morgan fingerprint density at radius 3 is 2.40 bits per heavy atom. The van der Waals surface area contributed by atoms with E-state index in [1.165, 1.54) is 12.1 Å². The lowest BCUT2D eigenvalue weighted by Gasteiger charge is -2.71. The molecular weight excluding hydrogens is 687 g/mol. The zero-order valence-corrected chi connectivity index (χ0v) is 31.0. The van der Waals surface area contributed by atoms with Crippen LogP contribution in [0.3, 0.4) is 0 Å². The van der Waals surface area contributed by atoms with Crippen LogP contribution in [-0.2, 0) is 12.7 Å². The summed E-state index contributed by atoms with van der Waals surface area (Å²) in [6, 6.07) is 10.1. The fraction of sp³-hybridized carbons (Fsp3) is 0.595. The highest BCUT2D eigenvalue weighted by Crippen LogP contribution is 2.78. The van der Waals surface area contributed by atoms with Crippen molar-refractivity contribution >= 4 is 5.78 Å². The molecule has 2 aromatic carbocycles. The predicted molar refractivity (Wildman–Crippen MR) is 192 cm³/mol. The van der Waals surface area contributed by atoms with Gasteiger partial charge in [-0.15, -0.1) is 0 Å². The Labute approximate surface area is 309 Å². The molecule has 0 radical (unpaired) electrons. The van der Waals surface area contributed by atoms with Gasteiger partial charge in [0.25, 0.3) is 0 Å². The first-order valence-corrected chi connectivity index (χ1v) is 18.8. The number of allylic oxidation sites excluding steroid dienone is 4.